The number of primary amides is 1. The first-order chi connectivity index (χ1) is 11.1. The Hall–Kier alpha value is -2.40. The number of halogens is 1. The van der Waals surface area contributed by atoms with Crippen LogP contribution in [0, 0.1) is 5.82 Å². The van der Waals surface area contributed by atoms with Crippen LogP contribution in [0.3, 0.4) is 0 Å². The maximum Gasteiger partial charge on any atom is 0.235 e. The predicted molar refractivity (Wildman–Crippen MR) is 85.4 cm³/mol. The van der Waals surface area contributed by atoms with Crippen molar-refractivity contribution in [2.45, 2.75) is 19.0 Å². The summed E-state index contributed by atoms with van der Waals surface area (Å²) in [6, 6.07) is 13.7. The summed E-state index contributed by atoms with van der Waals surface area (Å²) in [6.07, 6.45) is 0.627. The van der Waals surface area contributed by atoms with Crippen molar-refractivity contribution in [1.82, 2.24) is 4.90 Å². The minimum Gasteiger partial charge on any atom is -0.492 e. The number of hydrogen-bond acceptors (Lipinski definition) is 3. The number of ether oxygens (including phenoxy) is 1. The SMILES string of the molecule is NC(=O)[C@H]1Cc2ccccc2CN1CCOc1ccc(F)cc1. The van der Waals surface area contributed by atoms with E-state index in [-0.39, 0.29) is 17.8 Å². The smallest absolute Gasteiger partial charge is 0.235 e. The monoisotopic (exact) mass is 314 g/mol. The molecule has 5 heteroatoms. The maximum atomic E-state index is 12.9. The van der Waals surface area contributed by atoms with E-state index in [4.69, 9.17) is 10.5 Å². The van der Waals surface area contributed by atoms with Gasteiger partial charge in [0.15, 0.2) is 0 Å². The van der Waals surface area contributed by atoms with Gasteiger partial charge in [-0.15, -0.1) is 0 Å². The molecule has 0 unspecified atom stereocenters. The summed E-state index contributed by atoms with van der Waals surface area (Å²) < 4.78 is 18.5. The number of carbonyl (C=O) groups excluding carboxylic acids is 1. The summed E-state index contributed by atoms with van der Waals surface area (Å²) in [5.41, 5.74) is 7.94. The van der Waals surface area contributed by atoms with Crippen molar-refractivity contribution in [1.29, 1.82) is 0 Å². The maximum absolute atomic E-state index is 12.9. The van der Waals surface area contributed by atoms with Gasteiger partial charge in [0.2, 0.25) is 5.91 Å². The average Bonchev–Trinajstić information content (AvgIpc) is 2.56. The van der Waals surface area contributed by atoms with E-state index in [1.54, 1.807) is 12.1 Å². The molecule has 2 N–H and O–H groups in total. The number of amides is 1. The molecule has 0 bridgehead atoms. The van der Waals surface area contributed by atoms with Gasteiger partial charge in [-0.1, -0.05) is 24.3 Å². The van der Waals surface area contributed by atoms with E-state index in [0.29, 0.717) is 31.9 Å². The lowest BCUT2D eigenvalue weighted by molar-refractivity contribution is -0.123. The van der Waals surface area contributed by atoms with E-state index in [1.807, 2.05) is 23.1 Å². The van der Waals surface area contributed by atoms with Crippen molar-refractivity contribution in [2.24, 2.45) is 5.73 Å². The molecule has 1 atom stereocenters. The second-order valence-corrected chi connectivity index (χ2v) is 5.66. The summed E-state index contributed by atoms with van der Waals surface area (Å²) >= 11 is 0. The number of hydrogen-bond donors (Lipinski definition) is 1. The second kappa shape index (κ2) is 6.79. The third-order valence-electron chi connectivity index (χ3n) is 4.14. The van der Waals surface area contributed by atoms with Crippen LogP contribution >= 0.6 is 0 Å². The number of fused-ring (bicyclic) bond motifs is 1. The van der Waals surface area contributed by atoms with Gasteiger partial charge < -0.3 is 10.5 Å². The lowest BCUT2D eigenvalue weighted by atomic mass is 9.93. The lowest BCUT2D eigenvalue weighted by Crippen LogP contribution is -2.49. The quantitative estimate of drug-likeness (QED) is 0.920. The van der Waals surface area contributed by atoms with Crippen LogP contribution in [0.2, 0.25) is 0 Å². The van der Waals surface area contributed by atoms with E-state index in [1.165, 1.54) is 23.3 Å². The lowest BCUT2D eigenvalue weighted by Gasteiger charge is -2.34. The zero-order valence-corrected chi connectivity index (χ0v) is 12.7. The summed E-state index contributed by atoms with van der Waals surface area (Å²) in [5, 5.41) is 0. The van der Waals surface area contributed by atoms with Gasteiger partial charge in [-0.25, -0.2) is 4.39 Å². The van der Waals surface area contributed by atoms with Crippen molar-refractivity contribution in [3.8, 4) is 5.75 Å². The summed E-state index contributed by atoms with van der Waals surface area (Å²) in [7, 11) is 0. The first kappa shape index (κ1) is 15.5. The molecule has 0 spiro atoms. The van der Waals surface area contributed by atoms with Gasteiger partial charge in [-0.2, -0.15) is 0 Å². The second-order valence-electron chi connectivity index (χ2n) is 5.66. The summed E-state index contributed by atoms with van der Waals surface area (Å²) in [4.78, 5) is 13.8. The molecule has 0 aliphatic carbocycles. The molecule has 1 amide bonds. The molecule has 2 aromatic rings. The summed E-state index contributed by atoms with van der Waals surface area (Å²) in [6.45, 7) is 1.67. The van der Waals surface area contributed by atoms with Crippen LogP contribution in [0.15, 0.2) is 48.5 Å². The van der Waals surface area contributed by atoms with Gasteiger partial charge in [-0.3, -0.25) is 9.69 Å². The van der Waals surface area contributed by atoms with Crippen molar-refractivity contribution < 1.29 is 13.9 Å². The summed E-state index contributed by atoms with van der Waals surface area (Å²) in [5.74, 6) is -0.000463. The van der Waals surface area contributed by atoms with Crippen LogP contribution in [-0.4, -0.2) is 30.0 Å². The van der Waals surface area contributed by atoms with Crippen LogP contribution in [0.5, 0.6) is 5.75 Å². The molecule has 0 saturated heterocycles. The first-order valence-electron chi connectivity index (χ1n) is 7.62. The van der Waals surface area contributed by atoms with E-state index in [9.17, 15) is 9.18 Å². The van der Waals surface area contributed by atoms with Gasteiger partial charge >= 0.3 is 0 Å². The molecule has 1 aliphatic rings. The highest BCUT2D eigenvalue weighted by Crippen LogP contribution is 2.23. The fraction of sp³-hybridized carbons (Fsp3) is 0.278. The Kier molecular flexibility index (Phi) is 4.57. The minimum atomic E-state index is -0.318. The third-order valence-corrected chi connectivity index (χ3v) is 4.14. The van der Waals surface area contributed by atoms with Crippen molar-refractivity contribution in [3.05, 3.63) is 65.5 Å². The highest BCUT2D eigenvalue weighted by atomic mass is 19.1. The molecule has 3 rings (SSSR count). The van der Waals surface area contributed by atoms with Crippen LogP contribution in [0.25, 0.3) is 0 Å². The van der Waals surface area contributed by atoms with E-state index >= 15 is 0 Å². The van der Waals surface area contributed by atoms with Gasteiger partial charge in [0, 0.05) is 13.1 Å². The molecule has 0 saturated carbocycles. The van der Waals surface area contributed by atoms with Gasteiger partial charge in [0.25, 0.3) is 0 Å². The average molecular weight is 314 g/mol. The molecule has 4 nitrogen and oxygen atoms in total. The Labute approximate surface area is 134 Å². The number of rotatable bonds is 5. The van der Waals surface area contributed by atoms with Gasteiger partial charge in [0.05, 0.1) is 6.04 Å². The van der Waals surface area contributed by atoms with Crippen LogP contribution in [0.4, 0.5) is 4.39 Å². The van der Waals surface area contributed by atoms with Crippen molar-refractivity contribution >= 4 is 5.91 Å². The molecule has 1 aliphatic heterocycles. The number of benzene rings is 2. The molecule has 0 radical (unpaired) electrons. The largest absolute Gasteiger partial charge is 0.492 e. The van der Waals surface area contributed by atoms with Gasteiger partial charge in [0.1, 0.15) is 18.2 Å². The fourth-order valence-electron chi connectivity index (χ4n) is 2.90. The molecule has 2 aromatic carbocycles. The number of carbonyl (C=O) groups is 1. The molecular weight excluding hydrogens is 295 g/mol. The Morgan fingerprint density at radius 2 is 1.87 bits per heavy atom. The minimum absolute atomic E-state index is 0.293. The molecular formula is C18H19FN2O2. The van der Waals surface area contributed by atoms with Crippen molar-refractivity contribution in [3.63, 3.8) is 0 Å². The predicted octanol–water partition coefficient (Wildman–Crippen LogP) is 2.12. The number of nitrogens with two attached hydrogens (primary N) is 1. The zero-order valence-electron chi connectivity index (χ0n) is 12.7. The van der Waals surface area contributed by atoms with Crippen LogP contribution in [0.1, 0.15) is 11.1 Å². The molecule has 23 heavy (non-hydrogen) atoms. The molecule has 0 fully saturated rings. The van der Waals surface area contributed by atoms with Crippen LogP contribution in [-0.2, 0) is 17.8 Å². The Morgan fingerprint density at radius 3 is 2.57 bits per heavy atom. The molecule has 0 aromatic heterocycles. The van der Waals surface area contributed by atoms with E-state index < -0.39 is 0 Å². The topological polar surface area (TPSA) is 55.6 Å². The van der Waals surface area contributed by atoms with E-state index in [2.05, 4.69) is 6.07 Å². The highest BCUT2D eigenvalue weighted by molar-refractivity contribution is 5.80. The Bertz CT molecular complexity index is 688. The Balaban J connectivity index is 1.63. The van der Waals surface area contributed by atoms with Crippen molar-refractivity contribution in [2.75, 3.05) is 13.2 Å². The fourth-order valence-corrected chi connectivity index (χ4v) is 2.90. The normalized spacial score (nSPS) is 17.5. The van der Waals surface area contributed by atoms with E-state index in [0.717, 1.165) is 0 Å². The number of nitrogens with zero attached hydrogens (tertiary/aromatic N) is 1. The van der Waals surface area contributed by atoms with Gasteiger partial charge in [-0.05, 0) is 41.8 Å². The Morgan fingerprint density at radius 1 is 1.17 bits per heavy atom. The third kappa shape index (κ3) is 3.68. The standard InChI is InChI=1S/C18H19FN2O2/c19-15-5-7-16(8-6-15)23-10-9-21-12-14-4-2-1-3-13(14)11-17(21)18(20)22/h1-8,17H,9-12H2,(H2,20,22)/t17-/m1/s1. The highest BCUT2D eigenvalue weighted by Gasteiger charge is 2.29. The molecule has 1 heterocycles. The molecule has 120 valence electrons. The zero-order chi connectivity index (χ0) is 16.2. The first-order valence-corrected chi connectivity index (χ1v) is 7.62. The van der Waals surface area contributed by atoms with Crippen LogP contribution < -0.4 is 10.5 Å².